The van der Waals surface area contributed by atoms with E-state index in [1.165, 1.54) is 30.5 Å². The number of nitrogens with zero attached hydrogens (tertiary/aromatic N) is 2. The van der Waals surface area contributed by atoms with Crippen molar-refractivity contribution in [2.24, 2.45) is 0 Å². The van der Waals surface area contributed by atoms with Crippen LogP contribution in [-0.4, -0.2) is 26.2 Å². The van der Waals surface area contributed by atoms with E-state index in [-0.39, 0.29) is 29.0 Å². The second-order valence-corrected chi connectivity index (χ2v) is 4.70. The van der Waals surface area contributed by atoms with E-state index >= 15 is 0 Å². The minimum Gasteiger partial charge on any atom is -0.504 e. The Balaban J connectivity index is 2.10. The first kappa shape index (κ1) is 14.6. The fourth-order valence-electron chi connectivity index (χ4n) is 1.99. The Morgan fingerprint density at radius 2 is 2.10 bits per heavy atom. The van der Waals surface area contributed by atoms with E-state index in [0.29, 0.717) is 6.42 Å². The molecule has 0 spiro atoms. The molecule has 0 aliphatic rings. The monoisotopic (exact) mass is 289 g/mol. The summed E-state index contributed by atoms with van der Waals surface area (Å²) in [5.41, 5.74) is 0.710. The topological polar surface area (TPSA) is 109 Å². The summed E-state index contributed by atoms with van der Waals surface area (Å²) >= 11 is 0. The van der Waals surface area contributed by atoms with Crippen LogP contribution in [0.1, 0.15) is 12.5 Å². The van der Waals surface area contributed by atoms with Crippen LogP contribution < -0.4 is 5.32 Å². The highest BCUT2D eigenvalue weighted by Crippen LogP contribution is 2.26. The molecule has 0 bridgehead atoms. The molecule has 3 N–H and O–H groups in total. The molecule has 110 valence electrons. The molecule has 1 aromatic heterocycles. The second kappa shape index (κ2) is 6.08. The van der Waals surface area contributed by atoms with E-state index in [9.17, 15) is 20.3 Å². The molecule has 2 rings (SSSR count). The molecule has 0 aliphatic carbocycles. The number of anilines is 1. The zero-order valence-electron chi connectivity index (χ0n) is 11.4. The van der Waals surface area contributed by atoms with Crippen LogP contribution in [0.15, 0.2) is 36.5 Å². The van der Waals surface area contributed by atoms with Crippen LogP contribution in [0.4, 0.5) is 11.5 Å². The van der Waals surface area contributed by atoms with Gasteiger partial charge in [0, 0.05) is 18.3 Å². The number of hydrogen-bond donors (Lipinski definition) is 3. The minimum atomic E-state index is -0.492. The van der Waals surface area contributed by atoms with Crippen molar-refractivity contribution in [2.45, 2.75) is 19.4 Å². The zero-order valence-corrected chi connectivity index (χ0v) is 11.4. The summed E-state index contributed by atoms with van der Waals surface area (Å²) in [4.78, 5) is 14.4. The lowest BCUT2D eigenvalue weighted by Crippen LogP contribution is -2.19. The lowest BCUT2D eigenvalue weighted by Gasteiger charge is -2.14. The van der Waals surface area contributed by atoms with Crippen LogP contribution in [0.2, 0.25) is 0 Å². The van der Waals surface area contributed by atoms with Gasteiger partial charge in [-0.25, -0.2) is 4.98 Å². The van der Waals surface area contributed by atoms with Gasteiger partial charge in [-0.2, -0.15) is 0 Å². The molecular weight excluding hydrogens is 274 g/mol. The molecule has 0 amide bonds. The summed E-state index contributed by atoms with van der Waals surface area (Å²) in [6, 6.07) is 7.30. The Hall–Kier alpha value is -2.83. The SMILES string of the molecule is C[C@@H](Cc1ccc(O)c(O)c1)Nc1ncccc1[N+](=O)[O-]. The fraction of sp³-hybridized carbons (Fsp3) is 0.214. The van der Waals surface area contributed by atoms with E-state index in [0.717, 1.165) is 5.56 Å². The van der Waals surface area contributed by atoms with Gasteiger partial charge in [0.25, 0.3) is 0 Å². The standard InChI is InChI=1S/C14H15N3O4/c1-9(7-10-4-5-12(18)13(19)8-10)16-14-11(17(20)21)3-2-6-15-14/h2-6,8-9,18-19H,7H2,1H3,(H,15,16)/t9-/m0/s1. The largest absolute Gasteiger partial charge is 0.504 e. The Morgan fingerprint density at radius 1 is 1.33 bits per heavy atom. The summed E-state index contributed by atoms with van der Waals surface area (Å²) in [7, 11) is 0. The molecule has 0 radical (unpaired) electrons. The molecule has 1 heterocycles. The zero-order chi connectivity index (χ0) is 15.4. The van der Waals surface area contributed by atoms with Crippen molar-refractivity contribution in [2.75, 3.05) is 5.32 Å². The number of nitrogens with one attached hydrogen (secondary N) is 1. The van der Waals surface area contributed by atoms with Crippen LogP contribution in [0.25, 0.3) is 0 Å². The molecule has 21 heavy (non-hydrogen) atoms. The number of phenolic OH excluding ortho intramolecular Hbond substituents is 2. The minimum absolute atomic E-state index is 0.0853. The van der Waals surface area contributed by atoms with Gasteiger partial charge in [0.2, 0.25) is 5.82 Å². The number of phenols is 2. The Bertz CT molecular complexity index is 660. The Morgan fingerprint density at radius 3 is 2.76 bits per heavy atom. The highest BCUT2D eigenvalue weighted by Gasteiger charge is 2.16. The number of aromatic hydroxyl groups is 2. The van der Waals surface area contributed by atoms with Gasteiger partial charge in [-0.15, -0.1) is 0 Å². The highest BCUT2D eigenvalue weighted by atomic mass is 16.6. The van der Waals surface area contributed by atoms with Gasteiger partial charge >= 0.3 is 5.69 Å². The molecule has 0 saturated heterocycles. The van der Waals surface area contributed by atoms with Crippen molar-refractivity contribution in [3.05, 3.63) is 52.2 Å². The van der Waals surface area contributed by atoms with Crippen LogP contribution in [0.3, 0.4) is 0 Å². The van der Waals surface area contributed by atoms with E-state index in [1.54, 1.807) is 6.07 Å². The van der Waals surface area contributed by atoms with Gasteiger partial charge in [-0.05, 0) is 37.1 Å². The normalized spacial score (nSPS) is 11.9. The molecule has 1 aromatic carbocycles. The van der Waals surface area contributed by atoms with Gasteiger partial charge in [-0.3, -0.25) is 10.1 Å². The van der Waals surface area contributed by atoms with Crippen LogP contribution >= 0.6 is 0 Å². The van der Waals surface area contributed by atoms with Crippen molar-refractivity contribution >= 4 is 11.5 Å². The first-order chi connectivity index (χ1) is 9.97. The van der Waals surface area contributed by atoms with Gasteiger partial charge in [0.05, 0.1) is 4.92 Å². The maximum atomic E-state index is 10.9. The first-order valence-corrected chi connectivity index (χ1v) is 6.34. The molecule has 1 atom stereocenters. The number of hydrogen-bond acceptors (Lipinski definition) is 6. The van der Waals surface area contributed by atoms with E-state index in [1.807, 2.05) is 6.92 Å². The number of pyridine rings is 1. The van der Waals surface area contributed by atoms with Gasteiger partial charge in [-0.1, -0.05) is 6.07 Å². The smallest absolute Gasteiger partial charge is 0.311 e. The van der Waals surface area contributed by atoms with Crippen molar-refractivity contribution in [1.82, 2.24) is 4.98 Å². The van der Waals surface area contributed by atoms with E-state index < -0.39 is 4.92 Å². The van der Waals surface area contributed by atoms with Gasteiger partial charge in [0.1, 0.15) is 0 Å². The average molecular weight is 289 g/mol. The van der Waals surface area contributed by atoms with Crippen molar-refractivity contribution in [3.8, 4) is 11.5 Å². The third-order valence-electron chi connectivity index (χ3n) is 2.95. The lowest BCUT2D eigenvalue weighted by molar-refractivity contribution is -0.384. The molecule has 0 saturated carbocycles. The molecule has 7 heteroatoms. The molecule has 7 nitrogen and oxygen atoms in total. The maximum absolute atomic E-state index is 10.9. The highest BCUT2D eigenvalue weighted by molar-refractivity contribution is 5.55. The van der Waals surface area contributed by atoms with E-state index in [4.69, 9.17) is 0 Å². The molecule has 0 unspecified atom stereocenters. The van der Waals surface area contributed by atoms with Crippen LogP contribution in [-0.2, 0) is 6.42 Å². The third-order valence-corrected chi connectivity index (χ3v) is 2.95. The lowest BCUT2D eigenvalue weighted by atomic mass is 10.1. The van der Waals surface area contributed by atoms with Crippen molar-refractivity contribution < 1.29 is 15.1 Å². The molecule has 0 fully saturated rings. The maximum Gasteiger partial charge on any atom is 0.311 e. The number of rotatable bonds is 5. The summed E-state index contributed by atoms with van der Waals surface area (Å²) < 4.78 is 0. The number of nitro groups is 1. The predicted molar refractivity (Wildman–Crippen MR) is 77.5 cm³/mol. The van der Waals surface area contributed by atoms with Crippen LogP contribution in [0, 0.1) is 10.1 Å². The Kier molecular flexibility index (Phi) is 4.22. The van der Waals surface area contributed by atoms with Gasteiger partial charge < -0.3 is 15.5 Å². The summed E-state index contributed by atoms with van der Waals surface area (Å²) in [6.45, 7) is 1.85. The van der Waals surface area contributed by atoms with E-state index in [2.05, 4.69) is 10.3 Å². The number of benzene rings is 1. The average Bonchev–Trinajstić information content (AvgIpc) is 2.43. The molecule has 0 aliphatic heterocycles. The van der Waals surface area contributed by atoms with Crippen molar-refractivity contribution in [3.63, 3.8) is 0 Å². The quantitative estimate of drug-likeness (QED) is 0.443. The Labute approximate surface area is 121 Å². The molecule has 2 aromatic rings. The summed E-state index contributed by atoms with van der Waals surface area (Å²) in [6.07, 6.45) is 2.00. The van der Waals surface area contributed by atoms with Crippen molar-refractivity contribution in [1.29, 1.82) is 0 Å². The summed E-state index contributed by atoms with van der Waals surface area (Å²) in [5, 5.41) is 32.6. The van der Waals surface area contributed by atoms with Crippen LogP contribution in [0.5, 0.6) is 11.5 Å². The summed E-state index contributed by atoms with van der Waals surface area (Å²) in [5.74, 6) is -0.166. The number of aromatic nitrogens is 1. The molecular formula is C14H15N3O4. The third kappa shape index (κ3) is 3.59. The van der Waals surface area contributed by atoms with Gasteiger partial charge in [0.15, 0.2) is 11.5 Å². The second-order valence-electron chi connectivity index (χ2n) is 4.70. The first-order valence-electron chi connectivity index (χ1n) is 6.34. The fourth-order valence-corrected chi connectivity index (χ4v) is 1.99. The predicted octanol–water partition coefficient (Wildman–Crippen LogP) is 2.44.